The molecule has 106 valence electrons. The first kappa shape index (κ1) is 13.9. The molecule has 1 unspecified atom stereocenters. The van der Waals surface area contributed by atoms with Crippen LogP contribution in [0.15, 0.2) is 6.07 Å². The number of ether oxygens (including phenoxy) is 4. The number of hydrogen-bond donors (Lipinski definition) is 1. The highest BCUT2D eigenvalue weighted by Gasteiger charge is 2.29. The average molecular weight is 271 g/mol. The molecule has 1 N–H and O–H groups in total. The van der Waals surface area contributed by atoms with Crippen molar-refractivity contribution < 1.29 is 23.3 Å². The van der Waals surface area contributed by atoms with Gasteiger partial charge < -0.3 is 24.3 Å². The van der Waals surface area contributed by atoms with Crippen LogP contribution in [-0.4, -0.2) is 41.0 Å². The highest BCUT2D eigenvalue weighted by molar-refractivity contribution is 5.54. The molecule has 19 heavy (non-hydrogen) atoms. The van der Waals surface area contributed by atoms with Crippen molar-refractivity contribution in [2.75, 3.05) is 41.0 Å². The second kappa shape index (κ2) is 6.08. The lowest BCUT2D eigenvalue weighted by molar-refractivity contribution is 0.0235. The fourth-order valence-electron chi connectivity index (χ4n) is 2.16. The predicted octanol–water partition coefficient (Wildman–Crippen LogP) is 1.51. The molecule has 2 rings (SSSR count). The Morgan fingerprint density at radius 1 is 1.21 bits per heavy atom. The van der Waals surface area contributed by atoms with Gasteiger partial charge in [-0.2, -0.15) is 0 Å². The minimum absolute atomic E-state index is 0.113. The summed E-state index contributed by atoms with van der Waals surface area (Å²) in [6, 6.07) is 1.47. The smallest absolute Gasteiger partial charge is 0.174 e. The van der Waals surface area contributed by atoms with Crippen LogP contribution in [-0.2, 0) is 4.74 Å². The summed E-state index contributed by atoms with van der Waals surface area (Å²) in [5.74, 6) is 0.398. The number of benzene rings is 1. The summed E-state index contributed by atoms with van der Waals surface area (Å²) >= 11 is 0. The van der Waals surface area contributed by atoms with Gasteiger partial charge in [-0.25, -0.2) is 4.39 Å². The lowest BCUT2D eigenvalue weighted by atomic mass is 10.0. The lowest BCUT2D eigenvalue weighted by Gasteiger charge is -2.27. The Morgan fingerprint density at radius 2 is 1.95 bits per heavy atom. The van der Waals surface area contributed by atoms with Crippen molar-refractivity contribution in [3.8, 4) is 17.2 Å². The van der Waals surface area contributed by atoms with E-state index in [0.29, 0.717) is 30.2 Å². The van der Waals surface area contributed by atoms with Crippen LogP contribution < -0.4 is 19.5 Å². The van der Waals surface area contributed by atoms with Gasteiger partial charge in [0.05, 0.1) is 33.5 Å². The van der Waals surface area contributed by atoms with Crippen LogP contribution in [0.1, 0.15) is 11.7 Å². The first-order valence-electron chi connectivity index (χ1n) is 6.03. The SMILES string of the molecule is COc1cc(OC)c(OC)c(C2CNCCO2)c1F. The van der Waals surface area contributed by atoms with Crippen molar-refractivity contribution in [2.24, 2.45) is 0 Å². The second-order valence-electron chi connectivity index (χ2n) is 4.11. The zero-order chi connectivity index (χ0) is 13.8. The number of hydrogen-bond acceptors (Lipinski definition) is 5. The van der Waals surface area contributed by atoms with Crippen molar-refractivity contribution in [1.82, 2.24) is 5.32 Å². The average Bonchev–Trinajstić information content (AvgIpc) is 2.47. The molecule has 6 heteroatoms. The largest absolute Gasteiger partial charge is 0.494 e. The van der Waals surface area contributed by atoms with E-state index < -0.39 is 11.9 Å². The van der Waals surface area contributed by atoms with Gasteiger partial charge in [0.15, 0.2) is 23.1 Å². The third-order valence-corrected chi connectivity index (χ3v) is 3.08. The van der Waals surface area contributed by atoms with Crippen molar-refractivity contribution >= 4 is 0 Å². The molecule has 0 saturated carbocycles. The second-order valence-corrected chi connectivity index (χ2v) is 4.11. The van der Waals surface area contributed by atoms with E-state index in [1.54, 1.807) is 0 Å². The quantitative estimate of drug-likeness (QED) is 0.899. The number of nitrogens with one attached hydrogen (secondary N) is 1. The van der Waals surface area contributed by atoms with Gasteiger partial charge in [0, 0.05) is 19.2 Å². The maximum atomic E-state index is 14.5. The van der Waals surface area contributed by atoms with E-state index in [0.717, 1.165) is 6.54 Å². The topological polar surface area (TPSA) is 49.0 Å². The molecule has 0 aromatic heterocycles. The molecule has 1 aliphatic rings. The zero-order valence-corrected chi connectivity index (χ0v) is 11.3. The molecule has 1 aliphatic heterocycles. The molecule has 0 amide bonds. The molecular formula is C13H18FNO4. The van der Waals surface area contributed by atoms with E-state index in [1.807, 2.05) is 0 Å². The fourth-order valence-corrected chi connectivity index (χ4v) is 2.16. The molecule has 5 nitrogen and oxygen atoms in total. The van der Waals surface area contributed by atoms with Gasteiger partial charge >= 0.3 is 0 Å². The van der Waals surface area contributed by atoms with Gasteiger partial charge in [-0.3, -0.25) is 0 Å². The Morgan fingerprint density at radius 3 is 2.47 bits per heavy atom. The van der Waals surface area contributed by atoms with Gasteiger partial charge in [-0.15, -0.1) is 0 Å². The number of rotatable bonds is 4. The Labute approximate surface area is 111 Å². The molecule has 0 radical (unpaired) electrons. The molecular weight excluding hydrogens is 253 g/mol. The van der Waals surface area contributed by atoms with E-state index in [2.05, 4.69) is 5.32 Å². The molecule has 0 spiro atoms. The summed E-state index contributed by atoms with van der Waals surface area (Å²) in [6.07, 6.45) is -0.423. The van der Waals surface area contributed by atoms with Crippen LogP contribution in [0.5, 0.6) is 17.2 Å². The van der Waals surface area contributed by atoms with E-state index in [4.69, 9.17) is 18.9 Å². The van der Waals surface area contributed by atoms with Crippen LogP contribution >= 0.6 is 0 Å². The summed E-state index contributed by atoms with van der Waals surface area (Å²) < 4.78 is 35.6. The summed E-state index contributed by atoms with van der Waals surface area (Å²) in [6.45, 7) is 1.79. The van der Waals surface area contributed by atoms with Crippen molar-refractivity contribution in [2.45, 2.75) is 6.10 Å². The molecule has 0 bridgehead atoms. The van der Waals surface area contributed by atoms with Crippen molar-refractivity contribution in [1.29, 1.82) is 0 Å². The summed E-state index contributed by atoms with van der Waals surface area (Å²) in [5.41, 5.74) is 0.325. The fraction of sp³-hybridized carbons (Fsp3) is 0.538. The first-order chi connectivity index (χ1) is 9.22. The van der Waals surface area contributed by atoms with E-state index in [-0.39, 0.29) is 5.75 Å². The maximum Gasteiger partial charge on any atom is 0.174 e. The number of halogens is 1. The third kappa shape index (κ3) is 2.59. The minimum atomic E-state index is -0.478. The molecule has 1 heterocycles. The standard InChI is InChI=1S/C13H18FNO4/c1-16-8-6-9(17-2)13(18-3)11(12(8)14)10-7-15-4-5-19-10/h6,10,15H,4-5,7H2,1-3H3. The molecule has 1 fully saturated rings. The van der Waals surface area contributed by atoms with Crippen LogP contribution in [0.25, 0.3) is 0 Å². The van der Waals surface area contributed by atoms with Gasteiger partial charge in [-0.05, 0) is 0 Å². The molecule has 0 aliphatic carbocycles. The Hall–Kier alpha value is -1.53. The van der Waals surface area contributed by atoms with Gasteiger partial charge in [0.25, 0.3) is 0 Å². The number of morpholine rings is 1. The van der Waals surface area contributed by atoms with E-state index in [9.17, 15) is 4.39 Å². The molecule has 1 aromatic rings. The third-order valence-electron chi connectivity index (χ3n) is 3.08. The highest BCUT2D eigenvalue weighted by Crippen LogP contribution is 2.42. The van der Waals surface area contributed by atoms with Crippen molar-refractivity contribution in [3.63, 3.8) is 0 Å². The Bertz CT molecular complexity index is 447. The highest BCUT2D eigenvalue weighted by atomic mass is 19.1. The van der Waals surface area contributed by atoms with Gasteiger partial charge in [0.1, 0.15) is 6.10 Å². The monoisotopic (exact) mass is 271 g/mol. The van der Waals surface area contributed by atoms with Crippen LogP contribution in [0.3, 0.4) is 0 Å². The van der Waals surface area contributed by atoms with Gasteiger partial charge in [0.2, 0.25) is 0 Å². The number of methoxy groups -OCH3 is 3. The first-order valence-corrected chi connectivity index (χ1v) is 6.03. The summed E-state index contributed by atoms with van der Waals surface area (Å²) in [7, 11) is 4.39. The Kier molecular flexibility index (Phi) is 4.44. The maximum absolute atomic E-state index is 14.5. The zero-order valence-electron chi connectivity index (χ0n) is 11.3. The Balaban J connectivity index is 2.53. The molecule has 1 aromatic carbocycles. The van der Waals surface area contributed by atoms with Crippen LogP contribution in [0, 0.1) is 5.82 Å². The van der Waals surface area contributed by atoms with E-state index in [1.165, 1.54) is 27.4 Å². The van der Waals surface area contributed by atoms with Crippen molar-refractivity contribution in [3.05, 3.63) is 17.4 Å². The minimum Gasteiger partial charge on any atom is -0.494 e. The van der Waals surface area contributed by atoms with Crippen LogP contribution in [0.4, 0.5) is 4.39 Å². The lowest BCUT2D eigenvalue weighted by Crippen LogP contribution is -2.34. The summed E-state index contributed by atoms with van der Waals surface area (Å²) in [4.78, 5) is 0. The van der Waals surface area contributed by atoms with Gasteiger partial charge in [-0.1, -0.05) is 0 Å². The molecule has 1 saturated heterocycles. The van der Waals surface area contributed by atoms with E-state index >= 15 is 0 Å². The summed E-state index contributed by atoms with van der Waals surface area (Å²) in [5, 5.41) is 3.16. The molecule has 1 atom stereocenters. The normalized spacial score (nSPS) is 19.1. The van der Waals surface area contributed by atoms with Crippen LogP contribution in [0.2, 0.25) is 0 Å². The predicted molar refractivity (Wildman–Crippen MR) is 67.6 cm³/mol.